The van der Waals surface area contributed by atoms with Gasteiger partial charge in [0.2, 0.25) is 5.91 Å². The van der Waals surface area contributed by atoms with E-state index in [1.165, 1.54) is 10.4 Å². The van der Waals surface area contributed by atoms with Crippen LogP contribution in [0.4, 0.5) is 10.5 Å². The van der Waals surface area contributed by atoms with Gasteiger partial charge in [-0.3, -0.25) is 4.79 Å². The van der Waals surface area contributed by atoms with Gasteiger partial charge in [-0.1, -0.05) is 35.4 Å². The number of benzene rings is 2. The predicted molar refractivity (Wildman–Crippen MR) is 147 cm³/mol. The Morgan fingerprint density at radius 2 is 1.76 bits per heavy atom. The molecule has 0 spiro atoms. The van der Waals surface area contributed by atoms with Gasteiger partial charge in [0.1, 0.15) is 18.9 Å². The zero-order valence-corrected chi connectivity index (χ0v) is 22.6. The second-order valence-corrected chi connectivity index (χ2v) is 10.3. The average molecular weight is 522 g/mol. The molecule has 7 nitrogen and oxygen atoms in total. The van der Waals surface area contributed by atoms with E-state index in [-0.39, 0.29) is 24.5 Å². The number of carbonyl (C=O) groups excluding carboxylic acids is 2. The van der Waals surface area contributed by atoms with Crippen molar-refractivity contribution in [1.29, 1.82) is 0 Å². The van der Waals surface area contributed by atoms with Crippen LogP contribution in [-0.4, -0.2) is 61.7 Å². The molecule has 0 bridgehead atoms. The Morgan fingerprint density at radius 3 is 2.46 bits per heavy atom. The quantitative estimate of drug-likeness (QED) is 0.361. The van der Waals surface area contributed by atoms with Crippen molar-refractivity contribution in [2.75, 3.05) is 45.3 Å². The van der Waals surface area contributed by atoms with Crippen LogP contribution in [-0.2, 0) is 16.0 Å². The first-order valence-corrected chi connectivity index (χ1v) is 13.5. The molecule has 1 aliphatic heterocycles. The molecule has 3 aromatic rings. The van der Waals surface area contributed by atoms with Gasteiger partial charge in [0, 0.05) is 37.4 Å². The first kappa shape index (κ1) is 26.7. The van der Waals surface area contributed by atoms with Gasteiger partial charge in [-0.15, -0.1) is 11.3 Å². The van der Waals surface area contributed by atoms with Crippen molar-refractivity contribution in [3.05, 3.63) is 81.5 Å². The number of fused-ring (bicyclic) bond motifs is 1. The topological polar surface area (TPSA) is 71.1 Å². The lowest BCUT2D eigenvalue weighted by Gasteiger charge is -2.37. The largest absolute Gasteiger partial charge is 0.491 e. The number of methoxy groups -OCH3 is 1. The molecule has 37 heavy (non-hydrogen) atoms. The summed E-state index contributed by atoms with van der Waals surface area (Å²) in [5, 5.41) is 5.00. The van der Waals surface area contributed by atoms with Gasteiger partial charge in [0.25, 0.3) is 0 Å². The standard InChI is InChI=1S/C29H35N3O4S/c1-21-5-9-23(10-6-21)30-29(34)31(15-4-17-35-3)19-28(33)32-16-13-27-25(14-18-37-27)26(32)20-36-24-11-7-22(2)8-12-24/h5-12,14,18,26H,4,13,15-17,19-20H2,1-3H3,(H,30,34)/t26-/m0/s1. The Labute approximate surface area is 223 Å². The molecule has 0 saturated heterocycles. The number of ether oxygens (including phenoxy) is 2. The number of carbonyl (C=O) groups is 2. The molecule has 1 N–H and O–H groups in total. The summed E-state index contributed by atoms with van der Waals surface area (Å²) in [5.74, 6) is 0.685. The number of amides is 3. The third kappa shape index (κ3) is 7.11. The van der Waals surface area contributed by atoms with Crippen LogP contribution in [0, 0.1) is 13.8 Å². The first-order chi connectivity index (χ1) is 17.9. The lowest BCUT2D eigenvalue weighted by Crippen LogP contribution is -2.49. The second kappa shape index (κ2) is 12.7. The summed E-state index contributed by atoms with van der Waals surface area (Å²) in [6.07, 6.45) is 1.44. The number of aryl methyl sites for hydroxylation is 2. The molecule has 1 aliphatic rings. The number of thiophene rings is 1. The van der Waals surface area contributed by atoms with Gasteiger partial charge in [-0.2, -0.15) is 0 Å². The minimum absolute atomic E-state index is 0.0120. The van der Waals surface area contributed by atoms with Crippen molar-refractivity contribution < 1.29 is 19.1 Å². The fraction of sp³-hybridized carbons (Fsp3) is 0.379. The highest BCUT2D eigenvalue weighted by molar-refractivity contribution is 7.10. The summed E-state index contributed by atoms with van der Waals surface area (Å²) >= 11 is 1.72. The van der Waals surface area contributed by atoms with Crippen LogP contribution in [0.1, 0.15) is 34.0 Å². The molecular weight excluding hydrogens is 486 g/mol. The molecular formula is C29H35N3O4S. The second-order valence-electron chi connectivity index (χ2n) is 9.34. The zero-order chi connectivity index (χ0) is 26.2. The first-order valence-electron chi connectivity index (χ1n) is 12.6. The number of nitrogens with one attached hydrogen (secondary N) is 1. The van der Waals surface area contributed by atoms with Crippen molar-refractivity contribution in [1.82, 2.24) is 9.80 Å². The maximum Gasteiger partial charge on any atom is 0.322 e. The fourth-order valence-corrected chi connectivity index (χ4v) is 5.36. The summed E-state index contributed by atoms with van der Waals surface area (Å²) in [4.78, 5) is 31.6. The Hall–Kier alpha value is -3.36. The van der Waals surface area contributed by atoms with Crippen LogP contribution in [0.3, 0.4) is 0 Å². The predicted octanol–water partition coefficient (Wildman–Crippen LogP) is 5.44. The maximum atomic E-state index is 13.7. The fourth-order valence-electron chi connectivity index (χ4n) is 4.43. The van der Waals surface area contributed by atoms with E-state index in [0.29, 0.717) is 38.4 Å². The molecule has 4 rings (SSSR count). The Kier molecular flexibility index (Phi) is 9.19. The van der Waals surface area contributed by atoms with E-state index in [4.69, 9.17) is 9.47 Å². The molecule has 2 aromatic carbocycles. The van der Waals surface area contributed by atoms with Crippen LogP contribution < -0.4 is 10.1 Å². The molecule has 0 aliphatic carbocycles. The van der Waals surface area contributed by atoms with Gasteiger partial charge in [0.05, 0.1) is 6.04 Å². The molecule has 2 heterocycles. The van der Waals surface area contributed by atoms with E-state index in [1.54, 1.807) is 23.3 Å². The Bertz CT molecular complexity index is 1180. The number of hydrogen-bond donors (Lipinski definition) is 1. The van der Waals surface area contributed by atoms with E-state index in [1.807, 2.05) is 67.3 Å². The summed E-state index contributed by atoms with van der Waals surface area (Å²) in [5.41, 5.74) is 4.11. The monoisotopic (exact) mass is 521 g/mol. The molecule has 0 radical (unpaired) electrons. The van der Waals surface area contributed by atoms with Crippen LogP contribution in [0.15, 0.2) is 60.0 Å². The maximum absolute atomic E-state index is 13.7. The van der Waals surface area contributed by atoms with Crippen molar-refractivity contribution in [3.63, 3.8) is 0 Å². The molecule has 196 valence electrons. The van der Waals surface area contributed by atoms with Gasteiger partial charge >= 0.3 is 6.03 Å². The Morgan fingerprint density at radius 1 is 1.05 bits per heavy atom. The highest BCUT2D eigenvalue weighted by atomic mass is 32.1. The zero-order valence-electron chi connectivity index (χ0n) is 21.7. The summed E-state index contributed by atoms with van der Waals surface area (Å²) in [7, 11) is 1.63. The minimum atomic E-state index is -0.297. The van der Waals surface area contributed by atoms with Crippen LogP contribution in [0.25, 0.3) is 0 Å². The van der Waals surface area contributed by atoms with E-state index in [2.05, 4.69) is 16.8 Å². The minimum Gasteiger partial charge on any atom is -0.491 e. The number of nitrogens with zero attached hydrogens (tertiary/aromatic N) is 2. The van der Waals surface area contributed by atoms with Crippen LogP contribution >= 0.6 is 11.3 Å². The number of rotatable bonds is 10. The molecule has 1 atom stereocenters. The van der Waals surface area contributed by atoms with Crippen molar-refractivity contribution in [2.24, 2.45) is 0 Å². The summed E-state index contributed by atoms with van der Waals surface area (Å²) < 4.78 is 11.3. The van der Waals surface area contributed by atoms with E-state index >= 15 is 0 Å². The molecule has 8 heteroatoms. The van der Waals surface area contributed by atoms with Crippen molar-refractivity contribution in [2.45, 2.75) is 32.7 Å². The van der Waals surface area contributed by atoms with Crippen molar-refractivity contribution in [3.8, 4) is 5.75 Å². The SMILES string of the molecule is COCCCN(CC(=O)N1CCc2sccc2[C@@H]1COc1ccc(C)cc1)C(=O)Nc1ccc(C)cc1. The molecule has 0 fully saturated rings. The lowest BCUT2D eigenvalue weighted by molar-refractivity contribution is -0.135. The highest BCUT2D eigenvalue weighted by Gasteiger charge is 2.33. The highest BCUT2D eigenvalue weighted by Crippen LogP contribution is 2.34. The lowest BCUT2D eigenvalue weighted by atomic mass is 10.0. The van der Waals surface area contributed by atoms with E-state index in [9.17, 15) is 9.59 Å². The van der Waals surface area contributed by atoms with Crippen LogP contribution in [0.2, 0.25) is 0 Å². The van der Waals surface area contributed by atoms with Gasteiger partial charge in [0.15, 0.2) is 0 Å². The van der Waals surface area contributed by atoms with Gasteiger partial charge < -0.3 is 24.6 Å². The number of anilines is 1. The Balaban J connectivity index is 1.47. The molecule has 0 unspecified atom stereocenters. The van der Waals surface area contributed by atoms with E-state index < -0.39 is 0 Å². The number of hydrogen-bond acceptors (Lipinski definition) is 5. The van der Waals surface area contributed by atoms with Crippen LogP contribution in [0.5, 0.6) is 5.75 Å². The van der Waals surface area contributed by atoms with Gasteiger partial charge in [-0.25, -0.2) is 4.79 Å². The average Bonchev–Trinajstić information content (AvgIpc) is 3.38. The smallest absolute Gasteiger partial charge is 0.322 e. The molecule has 1 aromatic heterocycles. The van der Waals surface area contributed by atoms with E-state index in [0.717, 1.165) is 23.3 Å². The number of urea groups is 1. The molecule has 0 saturated carbocycles. The summed E-state index contributed by atoms with van der Waals surface area (Å²) in [6, 6.07) is 17.1. The van der Waals surface area contributed by atoms with Crippen molar-refractivity contribution >= 4 is 29.0 Å². The summed E-state index contributed by atoms with van der Waals surface area (Å²) in [6.45, 7) is 5.91. The normalized spacial score (nSPS) is 14.7. The third-order valence-corrected chi connectivity index (χ3v) is 7.53. The molecule has 3 amide bonds. The third-order valence-electron chi connectivity index (χ3n) is 6.54. The van der Waals surface area contributed by atoms with Gasteiger partial charge in [-0.05, 0) is 68.0 Å².